The lowest BCUT2D eigenvalue weighted by Crippen LogP contribution is -2.53. The van der Waals surface area contributed by atoms with Crippen molar-refractivity contribution in [3.63, 3.8) is 0 Å². The van der Waals surface area contributed by atoms with E-state index < -0.39 is 5.54 Å². The number of hydrogen-bond donors (Lipinski definition) is 1. The van der Waals surface area contributed by atoms with Crippen LogP contribution in [0.5, 0.6) is 0 Å². The summed E-state index contributed by atoms with van der Waals surface area (Å²) in [6, 6.07) is 2.72. The van der Waals surface area contributed by atoms with Crippen molar-refractivity contribution in [1.82, 2.24) is 4.90 Å². The molecule has 4 nitrogen and oxygen atoms in total. The van der Waals surface area contributed by atoms with Crippen molar-refractivity contribution in [2.75, 3.05) is 20.2 Å². The molecule has 0 spiro atoms. The highest BCUT2D eigenvalue weighted by atomic mass is 16.5. The Kier molecular flexibility index (Phi) is 3.20. The van der Waals surface area contributed by atoms with Crippen molar-refractivity contribution in [2.45, 2.75) is 43.9 Å². The van der Waals surface area contributed by atoms with Gasteiger partial charge in [0.1, 0.15) is 5.54 Å². The van der Waals surface area contributed by atoms with Crippen molar-refractivity contribution in [1.29, 1.82) is 5.26 Å². The van der Waals surface area contributed by atoms with Gasteiger partial charge in [0.2, 0.25) is 0 Å². The van der Waals surface area contributed by atoms with Crippen molar-refractivity contribution in [3.8, 4) is 6.07 Å². The number of likely N-dealkylation sites (N-methyl/N-ethyl adjacent to an activating group) is 1. The Morgan fingerprint density at radius 1 is 1.50 bits per heavy atom. The number of nitriles is 1. The fourth-order valence-corrected chi connectivity index (χ4v) is 2.68. The third kappa shape index (κ3) is 2.22. The largest absolute Gasteiger partial charge is 0.377 e. The van der Waals surface area contributed by atoms with E-state index in [-0.39, 0.29) is 6.10 Å². The maximum atomic E-state index is 9.22. The SMILES string of the molecule is CC1OCCC1N(C)CC(N)(C#N)C1CC1. The van der Waals surface area contributed by atoms with E-state index in [9.17, 15) is 5.26 Å². The van der Waals surface area contributed by atoms with Crippen molar-refractivity contribution in [3.05, 3.63) is 0 Å². The quantitative estimate of drug-likeness (QED) is 0.763. The van der Waals surface area contributed by atoms with Crippen LogP contribution in [-0.2, 0) is 4.74 Å². The van der Waals surface area contributed by atoms with E-state index in [0.717, 1.165) is 25.9 Å². The monoisotopic (exact) mass is 223 g/mol. The van der Waals surface area contributed by atoms with Gasteiger partial charge in [-0.05, 0) is 39.2 Å². The normalized spacial score (nSPS) is 33.7. The molecule has 1 heterocycles. The van der Waals surface area contributed by atoms with Crippen LogP contribution in [-0.4, -0.2) is 42.8 Å². The molecule has 1 saturated carbocycles. The standard InChI is InChI=1S/C12H21N3O/c1-9-11(5-6-16-9)15(2)8-12(14,7-13)10-3-4-10/h9-11H,3-6,8,14H2,1-2H3. The summed E-state index contributed by atoms with van der Waals surface area (Å²) in [5, 5.41) is 9.22. The summed E-state index contributed by atoms with van der Waals surface area (Å²) in [6.07, 6.45) is 3.51. The molecular formula is C12H21N3O. The average molecular weight is 223 g/mol. The van der Waals surface area contributed by atoms with Gasteiger partial charge >= 0.3 is 0 Å². The van der Waals surface area contributed by atoms with Gasteiger partial charge in [0.15, 0.2) is 0 Å². The van der Waals surface area contributed by atoms with Crippen LogP contribution in [0.3, 0.4) is 0 Å². The average Bonchev–Trinajstić information content (AvgIpc) is 3.02. The number of hydrogen-bond acceptors (Lipinski definition) is 4. The van der Waals surface area contributed by atoms with Crippen LogP contribution in [0.15, 0.2) is 0 Å². The van der Waals surface area contributed by atoms with Gasteiger partial charge in [-0.25, -0.2) is 0 Å². The molecule has 0 aromatic heterocycles. The van der Waals surface area contributed by atoms with E-state index in [0.29, 0.717) is 18.5 Å². The Balaban J connectivity index is 1.95. The number of rotatable bonds is 4. The topological polar surface area (TPSA) is 62.3 Å². The van der Waals surface area contributed by atoms with E-state index in [1.165, 1.54) is 0 Å². The molecule has 0 aromatic rings. The Labute approximate surface area is 97.3 Å². The number of nitrogens with zero attached hydrogens (tertiary/aromatic N) is 2. The fraction of sp³-hybridized carbons (Fsp3) is 0.917. The highest BCUT2D eigenvalue weighted by molar-refractivity contribution is 5.15. The van der Waals surface area contributed by atoms with Gasteiger partial charge in [-0.3, -0.25) is 4.90 Å². The van der Waals surface area contributed by atoms with Crippen LogP contribution in [0.4, 0.5) is 0 Å². The Hall–Kier alpha value is -0.630. The Morgan fingerprint density at radius 2 is 2.19 bits per heavy atom. The smallest absolute Gasteiger partial charge is 0.119 e. The van der Waals surface area contributed by atoms with Gasteiger partial charge < -0.3 is 10.5 Å². The molecule has 0 amide bonds. The van der Waals surface area contributed by atoms with E-state index in [4.69, 9.17) is 10.5 Å². The summed E-state index contributed by atoms with van der Waals surface area (Å²) in [4.78, 5) is 2.21. The van der Waals surface area contributed by atoms with Crippen LogP contribution < -0.4 is 5.73 Å². The second kappa shape index (κ2) is 4.33. The zero-order valence-corrected chi connectivity index (χ0v) is 10.1. The summed E-state index contributed by atoms with van der Waals surface area (Å²) in [7, 11) is 2.05. The molecule has 3 unspecified atom stereocenters. The van der Waals surface area contributed by atoms with E-state index in [1.807, 2.05) is 0 Å². The highest BCUT2D eigenvalue weighted by Gasteiger charge is 2.44. The maximum absolute atomic E-state index is 9.22. The molecule has 0 radical (unpaired) electrons. The van der Waals surface area contributed by atoms with Gasteiger partial charge in [-0.2, -0.15) is 5.26 Å². The third-order valence-corrected chi connectivity index (χ3v) is 3.93. The first-order chi connectivity index (χ1) is 7.57. The van der Waals surface area contributed by atoms with Gasteiger partial charge in [0, 0.05) is 19.2 Å². The molecular weight excluding hydrogens is 202 g/mol. The molecule has 0 bridgehead atoms. The van der Waals surface area contributed by atoms with E-state index in [2.05, 4.69) is 24.9 Å². The van der Waals surface area contributed by atoms with E-state index in [1.54, 1.807) is 0 Å². The van der Waals surface area contributed by atoms with Gasteiger partial charge in [-0.15, -0.1) is 0 Å². The zero-order valence-electron chi connectivity index (χ0n) is 10.1. The molecule has 2 N–H and O–H groups in total. The lowest BCUT2D eigenvalue weighted by Gasteiger charge is -2.32. The predicted octanol–water partition coefficient (Wildman–Crippen LogP) is 0.727. The van der Waals surface area contributed by atoms with Crippen LogP contribution in [0.1, 0.15) is 26.2 Å². The summed E-state index contributed by atoms with van der Waals surface area (Å²) in [5.41, 5.74) is 5.52. The minimum absolute atomic E-state index is 0.257. The van der Waals surface area contributed by atoms with Crippen LogP contribution in [0, 0.1) is 17.2 Å². The summed E-state index contributed by atoms with van der Waals surface area (Å²) in [6.45, 7) is 3.58. The zero-order chi connectivity index (χ0) is 11.8. The summed E-state index contributed by atoms with van der Waals surface area (Å²) < 4.78 is 5.55. The molecule has 4 heteroatoms. The second-order valence-corrected chi connectivity index (χ2v) is 5.27. The molecule has 1 saturated heterocycles. The molecule has 2 fully saturated rings. The first kappa shape index (κ1) is 11.8. The fourth-order valence-electron chi connectivity index (χ4n) is 2.68. The van der Waals surface area contributed by atoms with E-state index >= 15 is 0 Å². The minimum Gasteiger partial charge on any atom is -0.377 e. The molecule has 2 aliphatic rings. The van der Waals surface area contributed by atoms with Crippen molar-refractivity contribution >= 4 is 0 Å². The molecule has 1 aliphatic heterocycles. The molecule has 0 aromatic carbocycles. The summed E-state index contributed by atoms with van der Waals surface area (Å²) in [5.74, 6) is 0.401. The first-order valence-corrected chi connectivity index (χ1v) is 6.09. The van der Waals surface area contributed by atoms with Crippen LogP contribution in [0.2, 0.25) is 0 Å². The molecule has 2 rings (SSSR count). The summed E-state index contributed by atoms with van der Waals surface area (Å²) >= 11 is 0. The van der Waals surface area contributed by atoms with Crippen LogP contribution in [0.25, 0.3) is 0 Å². The highest BCUT2D eigenvalue weighted by Crippen LogP contribution is 2.38. The minimum atomic E-state index is -0.656. The molecule has 1 aliphatic carbocycles. The Morgan fingerprint density at radius 3 is 2.62 bits per heavy atom. The van der Waals surface area contributed by atoms with Crippen molar-refractivity contribution < 1.29 is 4.74 Å². The Bertz CT molecular complexity index is 297. The maximum Gasteiger partial charge on any atom is 0.119 e. The first-order valence-electron chi connectivity index (χ1n) is 6.09. The molecule has 16 heavy (non-hydrogen) atoms. The lowest BCUT2D eigenvalue weighted by atomic mass is 9.94. The van der Waals surface area contributed by atoms with Crippen molar-refractivity contribution in [2.24, 2.45) is 11.7 Å². The molecule has 90 valence electrons. The second-order valence-electron chi connectivity index (χ2n) is 5.27. The number of nitrogens with two attached hydrogens (primary N) is 1. The van der Waals surface area contributed by atoms with Gasteiger partial charge in [0.25, 0.3) is 0 Å². The van der Waals surface area contributed by atoms with Crippen LogP contribution >= 0.6 is 0 Å². The predicted molar refractivity (Wildman–Crippen MR) is 61.7 cm³/mol. The van der Waals surface area contributed by atoms with Gasteiger partial charge in [-0.1, -0.05) is 0 Å². The number of ether oxygens (including phenoxy) is 1. The third-order valence-electron chi connectivity index (χ3n) is 3.93. The van der Waals surface area contributed by atoms with Gasteiger partial charge in [0.05, 0.1) is 12.2 Å². The molecule has 3 atom stereocenters. The lowest BCUT2D eigenvalue weighted by molar-refractivity contribution is 0.0775.